The molecule has 2 atom stereocenters. The maximum absolute atomic E-state index is 6.26. The number of hydrogen-bond donors (Lipinski definition) is 1. The van der Waals surface area contributed by atoms with Gasteiger partial charge in [-0.15, -0.1) is 24.0 Å². The largest absolute Gasteiger partial charge is 0.356 e. The third kappa shape index (κ3) is 5.51. The Balaban J connectivity index is 0.00000261. The van der Waals surface area contributed by atoms with Crippen LogP contribution >= 0.6 is 47.2 Å². The van der Waals surface area contributed by atoms with Crippen molar-refractivity contribution in [2.24, 2.45) is 10.9 Å². The summed E-state index contributed by atoms with van der Waals surface area (Å²) in [7, 11) is 1.83. The first kappa shape index (κ1) is 22.3. The Labute approximate surface area is 188 Å². The molecule has 8 heteroatoms. The molecule has 0 aliphatic carbocycles. The summed E-state index contributed by atoms with van der Waals surface area (Å²) < 4.78 is 2.20. The van der Waals surface area contributed by atoms with Crippen LogP contribution in [0.15, 0.2) is 41.9 Å². The fourth-order valence-corrected chi connectivity index (χ4v) is 4.08. The van der Waals surface area contributed by atoms with E-state index >= 15 is 0 Å². The van der Waals surface area contributed by atoms with Crippen LogP contribution in [-0.4, -0.2) is 47.1 Å². The van der Waals surface area contributed by atoms with Crippen LogP contribution in [0.2, 0.25) is 10.0 Å². The lowest BCUT2D eigenvalue weighted by Gasteiger charge is -2.39. The number of aliphatic imine (C=N–C) groups is 1. The lowest BCUT2D eigenvalue weighted by Crippen LogP contribution is -2.49. The fourth-order valence-electron chi connectivity index (χ4n) is 3.50. The van der Waals surface area contributed by atoms with Crippen molar-refractivity contribution in [3.8, 4) is 0 Å². The molecule has 1 aromatic heterocycles. The molecule has 2 heterocycles. The standard InChI is InChI=1S/C19H25Cl2N5.HI/c1-14-7-10-25(12-18(14)26-11-9-23-13-26)19(22-2)24-8-6-15-16(20)4-3-5-17(15)21;/h3-5,9,11,13-14,18H,6-8,10,12H2,1-2H3,(H,22,24);1H. The van der Waals surface area contributed by atoms with E-state index < -0.39 is 0 Å². The highest BCUT2D eigenvalue weighted by molar-refractivity contribution is 14.0. The lowest BCUT2D eigenvalue weighted by molar-refractivity contribution is 0.189. The van der Waals surface area contributed by atoms with Gasteiger partial charge in [-0.1, -0.05) is 36.2 Å². The van der Waals surface area contributed by atoms with E-state index in [0.29, 0.717) is 22.0 Å². The monoisotopic (exact) mass is 521 g/mol. The molecule has 0 saturated carbocycles. The number of imidazole rings is 1. The summed E-state index contributed by atoms with van der Waals surface area (Å²) in [5.41, 5.74) is 0.974. The van der Waals surface area contributed by atoms with Gasteiger partial charge in [0.2, 0.25) is 0 Å². The lowest BCUT2D eigenvalue weighted by atomic mass is 9.93. The SMILES string of the molecule is CN=C(NCCc1c(Cl)cccc1Cl)N1CCC(C)C(n2ccnc2)C1.I. The van der Waals surface area contributed by atoms with Gasteiger partial charge in [0.05, 0.1) is 12.4 Å². The van der Waals surface area contributed by atoms with E-state index in [9.17, 15) is 0 Å². The van der Waals surface area contributed by atoms with Crippen molar-refractivity contribution in [3.63, 3.8) is 0 Å². The maximum atomic E-state index is 6.26. The summed E-state index contributed by atoms with van der Waals surface area (Å²) in [5, 5.41) is 4.88. The smallest absolute Gasteiger partial charge is 0.193 e. The van der Waals surface area contributed by atoms with E-state index in [4.69, 9.17) is 23.2 Å². The molecule has 3 rings (SSSR count). The van der Waals surface area contributed by atoms with E-state index in [1.54, 1.807) is 0 Å². The number of nitrogens with zero attached hydrogens (tertiary/aromatic N) is 4. The van der Waals surface area contributed by atoms with Crippen molar-refractivity contribution in [3.05, 3.63) is 52.5 Å². The van der Waals surface area contributed by atoms with Gasteiger partial charge in [-0.05, 0) is 36.5 Å². The molecule has 0 amide bonds. The van der Waals surface area contributed by atoms with Gasteiger partial charge in [0.25, 0.3) is 0 Å². The second kappa shape index (κ2) is 10.5. The Morgan fingerprint density at radius 3 is 2.70 bits per heavy atom. The molecule has 2 unspecified atom stereocenters. The molecule has 5 nitrogen and oxygen atoms in total. The fraction of sp³-hybridized carbons (Fsp3) is 0.474. The molecule has 0 spiro atoms. The molecular formula is C19H26Cl2IN5. The van der Waals surface area contributed by atoms with Gasteiger partial charge >= 0.3 is 0 Å². The number of piperidine rings is 1. The summed E-state index contributed by atoms with van der Waals surface area (Å²) >= 11 is 12.5. The van der Waals surface area contributed by atoms with Crippen LogP contribution in [0.3, 0.4) is 0 Å². The van der Waals surface area contributed by atoms with E-state index in [0.717, 1.165) is 44.0 Å². The second-order valence-corrected chi connectivity index (χ2v) is 7.53. The van der Waals surface area contributed by atoms with Gasteiger partial charge in [-0.25, -0.2) is 4.98 Å². The van der Waals surface area contributed by atoms with E-state index in [-0.39, 0.29) is 24.0 Å². The predicted molar refractivity (Wildman–Crippen MR) is 124 cm³/mol. The number of likely N-dealkylation sites (tertiary alicyclic amines) is 1. The van der Waals surface area contributed by atoms with Crippen molar-refractivity contribution in [1.82, 2.24) is 19.8 Å². The van der Waals surface area contributed by atoms with Gasteiger partial charge in [-0.2, -0.15) is 0 Å². The topological polar surface area (TPSA) is 45.5 Å². The van der Waals surface area contributed by atoms with Gasteiger partial charge in [0, 0.05) is 49.1 Å². The van der Waals surface area contributed by atoms with Crippen molar-refractivity contribution in [2.75, 3.05) is 26.7 Å². The molecule has 27 heavy (non-hydrogen) atoms. The predicted octanol–water partition coefficient (Wildman–Crippen LogP) is 4.51. The average Bonchev–Trinajstić information content (AvgIpc) is 3.16. The molecule has 1 saturated heterocycles. The minimum absolute atomic E-state index is 0. The molecule has 2 aromatic rings. The molecule has 1 aliphatic rings. The molecule has 148 valence electrons. The number of hydrogen-bond acceptors (Lipinski definition) is 2. The first-order chi connectivity index (χ1) is 12.6. The Bertz CT molecular complexity index is 730. The zero-order valence-electron chi connectivity index (χ0n) is 15.6. The van der Waals surface area contributed by atoms with Crippen molar-refractivity contribution < 1.29 is 0 Å². The Hall–Kier alpha value is -0.990. The van der Waals surface area contributed by atoms with E-state index in [2.05, 4.69) is 31.7 Å². The zero-order chi connectivity index (χ0) is 18.5. The van der Waals surface area contributed by atoms with Gasteiger partial charge in [0.1, 0.15) is 0 Å². The summed E-state index contributed by atoms with van der Waals surface area (Å²) in [6.07, 6.45) is 7.67. The van der Waals surface area contributed by atoms with Crippen molar-refractivity contribution >= 4 is 53.1 Å². The number of guanidine groups is 1. The van der Waals surface area contributed by atoms with Crippen LogP contribution in [0.25, 0.3) is 0 Å². The van der Waals surface area contributed by atoms with Crippen LogP contribution in [0.5, 0.6) is 0 Å². The minimum Gasteiger partial charge on any atom is -0.356 e. The first-order valence-electron chi connectivity index (χ1n) is 8.96. The summed E-state index contributed by atoms with van der Waals surface area (Å²) in [6, 6.07) is 6.02. The van der Waals surface area contributed by atoms with Crippen LogP contribution in [0, 0.1) is 5.92 Å². The molecule has 1 fully saturated rings. The average molecular weight is 522 g/mol. The number of rotatable bonds is 4. The molecule has 0 radical (unpaired) electrons. The highest BCUT2D eigenvalue weighted by Gasteiger charge is 2.28. The minimum atomic E-state index is 0. The van der Waals surface area contributed by atoms with Crippen molar-refractivity contribution in [1.29, 1.82) is 0 Å². The highest BCUT2D eigenvalue weighted by atomic mass is 127. The van der Waals surface area contributed by atoms with Crippen LogP contribution in [-0.2, 0) is 6.42 Å². The van der Waals surface area contributed by atoms with Crippen LogP contribution in [0.1, 0.15) is 24.9 Å². The Morgan fingerprint density at radius 1 is 1.33 bits per heavy atom. The first-order valence-corrected chi connectivity index (χ1v) is 9.71. The third-order valence-electron chi connectivity index (χ3n) is 5.06. The Morgan fingerprint density at radius 2 is 2.07 bits per heavy atom. The second-order valence-electron chi connectivity index (χ2n) is 6.71. The number of benzene rings is 1. The van der Waals surface area contributed by atoms with Crippen LogP contribution < -0.4 is 5.32 Å². The zero-order valence-corrected chi connectivity index (χ0v) is 19.4. The van der Waals surface area contributed by atoms with E-state index in [1.165, 1.54) is 0 Å². The molecule has 1 N–H and O–H groups in total. The molecular weight excluding hydrogens is 496 g/mol. The summed E-state index contributed by atoms with van der Waals surface area (Å²) in [5.74, 6) is 1.53. The molecule has 0 bridgehead atoms. The summed E-state index contributed by atoms with van der Waals surface area (Å²) in [6.45, 7) is 4.96. The van der Waals surface area contributed by atoms with Gasteiger partial charge in [-0.3, -0.25) is 4.99 Å². The Kier molecular flexibility index (Phi) is 8.69. The third-order valence-corrected chi connectivity index (χ3v) is 5.77. The number of aromatic nitrogens is 2. The summed E-state index contributed by atoms with van der Waals surface area (Å²) in [4.78, 5) is 11.0. The molecule has 1 aromatic carbocycles. The normalized spacial score (nSPS) is 20.3. The number of nitrogens with one attached hydrogen (secondary N) is 1. The number of halogens is 3. The van der Waals surface area contributed by atoms with E-state index in [1.807, 2.05) is 44.0 Å². The van der Waals surface area contributed by atoms with Crippen molar-refractivity contribution in [2.45, 2.75) is 25.8 Å². The van der Waals surface area contributed by atoms with Gasteiger partial charge < -0.3 is 14.8 Å². The highest BCUT2D eigenvalue weighted by Crippen LogP contribution is 2.27. The quantitative estimate of drug-likeness (QED) is 0.366. The van der Waals surface area contributed by atoms with Gasteiger partial charge in [0.15, 0.2) is 5.96 Å². The van der Waals surface area contributed by atoms with Crippen LogP contribution in [0.4, 0.5) is 0 Å². The maximum Gasteiger partial charge on any atom is 0.193 e. The molecule has 1 aliphatic heterocycles.